The second-order valence-corrected chi connectivity index (χ2v) is 8.42. The molecule has 0 N–H and O–H groups in total. The summed E-state index contributed by atoms with van der Waals surface area (Å²) < 4.78 is 42.1. The summed E-state index contributed by atoms with van der Waals surface area (Å²) in [6, 6.07) is 13.2. The fourth-order valence-electron chi connectivity index (χ4n) is 2.63. The van der Waals surface area contributed by atoms with Crippen molar-refractivity contribution in [2.45, 2.75) is 18.4 Å². The first kappa shape index (κ1) is 20.2. The van der Waals surface area contributed by atoms with Gasteiger partial charge in [0, 0.05) is 13.7 Å². The molecule has 9 heteroatoms. The van der Waals surface area contributed by atoms with Crippen molar-refractivity contribution in [1.82, 2.24) is 4.57 Å². The highest BCUT2D eigenvalue weighted by Crippen LogP contribution is 2.21. The van der Waals surface area contributed by atoms with Crippen molar-refractivity contribution >= 4 is 37.5 Å². The quantitative estimate of drug-likeness (QED) is 0.549. The van der Waals surface area contributed by atoms with E-state index in [0.717, 1.165) is 10.2 Å². The van der Waals surface area contributed by atoms with Crippen LogP contribution in [0.4, 0.5) is 0 Å². The van der Waals surface area contributed by atoms with Gasteiger partial charge in [0.25, 0.3) is 10.0 Å². The number of thiazole rings is 1. The number of nitrogens with zero attached hydrogens (tertiary/aromatic N) is 2. The first-order valence-electron chi connectivity index (χ1n) is 8.61. The number of hydrogen-bond acceptors (Lipinski definition) is 6. The molecule has 0 unspecified atom stereocenters. The van der Waals surface area contributed by atoms with Gasteiger partial charge in [-0.3, -0.25) is 0 Å². The van der Waals surface area contributed by atoms with Crippen LogP contribution in [-0.4, -0.2) is 39.3 Å². The number of rotatable bonds is 7. The zero-order chi connectivity index (χ0) is 20.1. The molecule has 0 amide bonds. The predicted molar refractivity (Wildman–Crippen MR) is 107 cm³/mol. The van der Waals surface area contributed by atoms with Crippen LogP contribution in [0.3, 0.4) is 0 Å². The van der Waals surface area contributed by atoms with E-state index in [0.29, 0.717) is 23.5 Å². The maximum Gasteiger partial charge on any atom is 0.338 e. The van der Waals surface area contributed by atoms with Gasteiger partial charge in [-0.15, -0.1) is 4.40 Å². The Balaban J connectivity index is 2.16. The van der Waals surface area contributed by atoms with E-state index in [-0.39, 0.29) is 11.5 Å². The van der Waals surface area contributed by atoms with Crippen molar-refractivity contribution in [3.05, 3.63) is 58.9 Å². The maximum atomic E-state index is 12.7. The molecule has 1 aromatic heterocycles. The topological polar surface area (TPSA) is 87.0 Å². The Morgan fingerprint density at radius 3 is 2.61 bits per heavy atom. The SMILES string of the molecule is CCOC(=O)c1ccc2c(c1)s/c(=N\S(=O)(=O)c1ccccc1)n2CCOC. The minimum atomic E-state index is -3.86. The van der Waals surface area contributed by atoms with Crippen molar-refractivity contribution < 1.29 is 22.7 Å². The van der Waals surface area contributed by atoms with Gasteiger partial charge in [0.05, 0.1) is 33.9 Å². The van der Waals surface area contributed by atoms with E-state index >= 15 is 0 Å². The molecular weight excluding hydrogens is 400 g/mol. The van der Waals surface area contributed by atoms with Crippen LogP contribution in [-0.2, 0) is 26.0 Å². The lowest BCUT2D eigenvalue weighted by atomic mass is 10.2. The van der Waals surface area contributed by atoms with Gasteiger partial charge >= 0.3 is 5.97 Å². The standard InChI is InChI=1S/C19H20N2O5S2/c1-3-26-18(22)14-9-10-16-17(13-14)27-19(21(16)11-12-25-2)20-28(23,24)15-7-5-4-6-8-15/h4-10,13H,3,11-12H2,1-2H3/b20-19-. The number of carbonyl (C=O) groups is 1. The molecule has 28 heavy (non-hydrogen) atoms. The highest BCUT2D eigenvalue weighted by atomic mass is 32.2. The van der Waals surface area contributed by atoms with Crippen LogP contribution in [0, 0.1) is 0 Å². The second kappa shape index (κ2) is 8.68. The molecule has 3 rings (SSSR count). The second-order valence-electron chi connectivity index (χ2n) is 5.81. The minimum absolute atomic E-state index is 0.123. The summed E-state index contributed by atoms with van der Waals surface area (Å²) in [4.78, 5) is 12.4. The minimum Gasteiger partial charge on any atom is -0.462 e. The number of fused-ring (bicyclic) bond motifs is 1. The van der Waals surface area contributed by atoms with E-state index in [9.17, 15) is 13.2 Å². The van der Waals surface area contributed by atoms with Crippen LogP contribution in [0.2, 0.25) is 0 Å². The maximum absolute atomic E-state index is 12.7. The molecule has 0 aliphatic rings. The Kier molecular flexibility index (Phi) is 6.28. The lowest BCUT2D eigenvalue weighted by Crippen LogP contribution is -2.19. The number of methoxy groups -OCH3 is 1. The van der Waals surface area contributed by atoms with Crippen molar-refractivity contribution in [2.75, 3.05) is 20.3 Å². The van der Waals surface area contributed by atoms with Gasteiger partial charge in [-0.2, -0.15) is 8.42 Å². The van der Waals surface area contributed by atoms with Crippen molar-refractivity contribution in [2.24, 2.45) is 4.40 Å². The van der Waals surface area contributed by atoms with Crippen LogP contribution in [0.1, 0.15) is 17.3 Å². The third-order valence-electron chi connectivity index (χ3n) is 3.95. The molecule has 1 heterocycles. The molecule has 0 atom stereocenters. The summed E-state index contributed by atoms with van der Waals surface area (Å²) >= 11 is 1.20. The molecule has 0 bridgehead atoms. The van der Waals surface area contributed by atoms with Gasteiger partial charge in [0.15, 0.2) is 0 Å². The van der Waals surface area contributed by atoms with E-state index in [2.05, 4.69) is 4.40 Å². The monoisotopic (exact) mass is 420 g/mol. The number of hydrogen-bond donors (Lipinski definition) is 0. The zero-order valence-electron chi connectivity index (χ0n) is 15.5. The molecule has 0 radical (unpaired) electrons. The molecule has 0 saturated carbocycles. The Morgan fingerprint density at radius 1 is 1.18 bits per heavy atom. The van der Waals surface area contributed by atoms with Gasteiger partial charge < -0.3 is 14.0 Å². The summed E-state index contributed by atoms with van der Waals surface area (Å²) in [7, 11) is -2.29. The highest BCUT2D eigenvalue weighted by molar-refractivity contribution is 7.90. The van der Waals surface area contributed by atoms with Crippen molar-refractivity contribution in [3.63, 3.8) is 0 Å². The van der Waals surface area contributed by atoms with Crippen LogP contribution in [0.5, 0.6) is 0 Å². The lowest BCUT2D eigenvalue weighted by molar-refractivity contribution is 0.0526. The van der Waals surface area contributed by atoms with Crippen molar-refractivity contribution in [3.8, 4) is 0 Å². The molecular formula is C19H20N2O5S2. The van der Waals surface area contributed by atoms with Gasteiger partial charge in [0.2, 0.25) is 4.80 Å². The van der Waals surface area contributed by atoms with E-state index in [1.54, 1.807) is 55.0 Å². The average molecular weight is 421 g/mol. The predicted octanol–water partition coefficient (Wildman–Crippen LogP) is 2.82. The van der Waals surface area contributed by atoms with Crippen molar-refractivity contribution in [1.29, 1.82) is 0 Å². The average Bonchev–Trinajstić information content (AvgIpc) is 3.02. The summed E-state index contributed by atoms with van der Waals surface area (Å²) in [5.41, 5.74) is 1.18. The van der Waals surface area contributed by atoms with Crippen LogP contribution >= 0.6 is 11.3 Å². The Bertz CT molecular complexity index is 1150. The number of carbonyl (C=O) groups excluding carboxylic acids is 1. The normalized spacial score (nSPS) is 12.4. The molecule has 2 aromatic carbocycles. The fourth-order valence-corrected chi connectivity index (χ4v) is 4.95. The van der Waals surface area contributed by atoms with Crippen LogP contribution < -0.4 is 4.80 Å². The number of benzene rings is 2. The van der Waals surface area contributed by atoms with Gasteiger partial charge in [-0.1, -0.05) is 29.5 Å². The third kappa shape index (κ3) is 4.32. The van der Waals surface area contributed by atoms with Gasteiger partial charge in [-0.25, -0.2) is 4.79 Å². The van der Waals surface area contributed by atoms with Crippen LogP contribution in [0.15, 0.2) is 57.8 Å². The number of ether oxygens (including phenoxy) is 2. The first-order chi connectivity index (χ1) is 13.5. The zero-order valence-corrected chi connectivity index (χ0v) is 17.1. The summed E-state index contributed by atoms with van der Waals surface area (Å²) in [6.45, 7) is 2.85. The molecule has 0 aliphatic heterocycles. The molecule has 0 spiro atoms. The lowest BCUT2D eigenvalue weighted by Gasteiger charge is -2.05. The van der Waals surface area contributed by atoms with E-state index in [1.165, 1.54) is 23.5 Å². The molecule has 148 valence electrons. The van der Waals surface area contributed by atoms with E-state index in [1.807, 2.05) is 0 Å². The molecule has 0 saturated heterocycles. The van der Waals surface area contributed by atoms with Gasteiger partial charge in [0.1, 0.15) is 0 Å². The summed E-state index contributed by atoms with van der Waals surface area (Å²) in [6.07, 6.45) is 0. The fraction of sp³-hybridized carbons (Fsp3) is 0.263. The Hall–Kier alpha value is -2.49. The molecule has 0 aliphatic carbocycles. The summed E-state index contributed by atoms with van der Waals surface area (Å²) in [5, 5.41) is 0. The molecule has 0 fully saturated rings. The highest BCUT2D eigenvalue weighted by Gasteiger charge is 2.16. The molecule has 3 aromatic rings. The molecule has 7 nitrogen and oxygen atoms in total. The Labute approximate surface area is 166 Å². The van der Waals surface area contributed by atoms with E-state index in [4.69, 9.17) is 9.47 Å². The van der Waals surface area contributed by atoms with E-state index < -0.39 is 16.0 Å². The third-order valence-corrected chi connectivity index (χ3v) is 6.39. The van der Waals surface area contributed by atoms with Gasteiger partial charge in [-0.05, 0) is 37.3 Å². The number of sulfonamides is 1. The smallest absolute Gasteiger partial charge is 0.338 e. The summed E-state index contributed by atoms with van der Waals surface area (Å²) in [5.74, 6) is -0.420. The number of esters is 1. The number of aromatic nitrogens is 1. The van der Waals surface area contributed by atoms with Crippen LogP contribution in [0.25, 0.3) is 10.2 Å². The Morgan fingerprint density at radius 2 is 1.93 bits per heavy atom. The first-order valence-corrected chi connectivity index (χ1v) is 10.9. The largest absolute Gasteiger partial charge is 0.462 e.